The third-order valence-electron chi connectivity index (χ3n) is 4.27. The van der Waals surface area contributed by atoms with E-state index in [-0.39, 0.29) is 11.9 Å². The zero-order valence-corrected chi connectivity index (χ0v) is 13.1. The van der Waals surface area contributed by atoms with Crippen LogP contribution >= 0.6 is 11.3 Å². The number of hydrogen-bond acceptors (Lipinski definition) is 3. The van der Waals surface area contributed by atoms with Crippen LogP contribution in [-0.4, -0.2) is 18.0 Å². The second kappa shape index (κ2) is 6.26. The van der Waals surface area contributed by atoms with Crippen molar-refractivity contribution in [2.45, 2.75) is 32.4 Å². The predicted molar refractivity (Wildman–Crippen MR) is 86.0 cm³/mol. The highest BCUT2D eigenvalue weighted by Gasteiger charge is 2.18. The SMILES string of the molecule is Cc1ccc(C(N)CCN2CCc3sccc3C2)cc1F. The molecule has 1 aliphatic rings. The molecule has 1 aliphatic heterocycles. The Hall–Kier alpha value is -1.23. The highest BCUT2D eigenvalue weighted by Crippen LogP contribution is 2.25. The average molecular weight is 304 g/mol. The van der Waals surface area contributed by atoms with Gasteiger partial charge < -0.3 is 5.73 Å². The first-order valence-electron chi connectivity index (χ1n) is 7.42. The monoisotopic (exact) mass is 304 g/mol. The summed E-state index contributed by atoms with van der Waals surface area (Å²) in [6.07, 6.45) is 2.00. The van der Waals surface area contributed by atoms with Gasteiger partial charge in [0.05, 0.1) is 0 Å². The van der Waals surface area contributed by atoms with E-state index in [1.54, 1.807) is 13.0 Å². The number of aryl methyl sites for hydroxylation is 1. The third-order valence-corrected chi connectivity index (χ3v) is 5.29. The predicted octanol–water partition coefficient (Wildman–Crippen LogP) is 3.64. The van der Waals surface area contributed by atoms with Crippen molar-refractivity contribution in [3.8, 4) is 0 Å². The van der Waals surface area contributed by atoms with Crippen LogP contribution in [0.4, 0.5) is 4.39 Å². The Morgan fingerprint density at radius 2 is 2.24 bits per heavy atom. The molecule has 1 aromatic carbocycles. The minimum Gasteiger partial charge on any atom is -0.324 e. The van der Waals surface area contributed by atoms with Crippen molar-refractivity contribution >= 4 is 11.3 Å². The first-order chi connectivity index (χ1) is 10.1. The van der Waals surface area contributed by atoms with Gasteiger partial charge in [-0.25, -0.2) is 4.39 Å². The van der Waals surface area contributed by atoms with Gasteiger partial charge in [0.15, 0.2) is 0 Å². The highest BCUT2D eigenvalue weighted by molar-refractivity contribution is 7.10. The standard InChI is InChI=1S/C17H21FN2S/c1-12-2-3-13(10-15(12)18)16(19)4-7-20-8-5-17-14(11-20)6-9-21-17/h2-3,6,9-10,16H,4-5,7-8,11,19H2,1H3. The van der Waals surface area contributed by atoms with Gasteiger partial charge in [0.2, 0.25) is 0 Å². The molecule has 0 amide bonds. The van der Waals surface area contributed by atoms with E-state index in [4.69, 9.17) is 5.73 Å². The van der Waals surface area contributed by atoms with Gasteiger partial charge in [0, 0.05) is 30.6 Å². The second-order valence-corrected chi connectivity index (χ2v) is 6.80. The first kappa shape index (κ1) is 14.7. The molecular weight excluding hydrogens is 283 g/mol. The Bertz CT molecular complexity index is 623. The van der Waals surface area contributed by atoms with Gasteiger partial charge in [0.25, 0.3) is 0 Å². The summed E-state index contributed by atoms with van der Waals surface area (Å²) in [7, 11) is 0. The van der Waals surface area contributed by atoms with Crippen molar-refractivity contribution in [3.63, 3.8) is 0 Å². The summed E-state index contributed by atoms with van der Waals surface area (Å²) in [5, 5.41) is 2.18. The summed E-state index contributed by atoms with van der Waals surface area (Å²) in [4.78, 5) is 3.97. The minimum atomic E-state index is -0.163. The molecule has 112 valence electrons. The molecule has 1 unspecified atom stereocenters. The summed E-state index contributed by atoms with van der Waals surface area (Å²) < 4.78 is 13.6. The number of nitrogens with two attached hydrogens (primary N) is 1. The zero-order valence-electron chi connectivity index (χ0n) is 12.3. The Balaban J connectivity index is 1.56. The maximum atomic E-state index is 13.6. The second-order valence-electron chi connectivity index (χ2n) is 5.80. The van der Waals surface area contributed by atoms with E-state index in [1.165, 1.54) is 10.4 Å². The van der Waals surface area contributed by atoms with Crippen LogP contribution in [0.5, 0.6) is 0 Å². The molecule has 1 atom stereocenters. The lowest BCUT2D eigenvalue weighted by molar-refractivity contribution is 0.246. The average Bonchev–Trinajstić information content (AvgIpc) is 2.95. The van der Waals surface area contributed by atoms with Crippen LogP contribution in [0.2, 0.25) is 0 Å². The molecule has 2 N–H and O–H groups in total. The zero-order chi connectivity index (χ0) is 14.8. The molecule has 0 bridgehead atoms. The van der Waals surface area contributed by atoms with Crippen LogP contribution < -0.4 is 5.73 Å². The Kier molecular flexibility index (Phi) is 4.38. The Morgan fingerprint density at radius 1 is 1.38 bits per heavy atom. The molecule has 1 aromatic heterocycles. The number of thiophene rings is 1. The van der Waals surface area contributed by atoms with Gasteiger partial charge in [-0.1, -0.05) is 12.1 Å². The number of nitrogens with zero attached hydrogens (tertiary/aromatic N) is 1. The van der Waals surface area contributed by atoms with E-state index < -0.39 is 0 Å². The van der Waals surface area contributed by atoms with E-state index in [2.05, 4.69) is 16.3 Å². The van der Waals surface area contributed by atoms with Gasteiger partial charge in [-0.15, -0.1) is 11.3 Å². The van der Waals surface area contributed by atoms with E-state index in [1.807, 2.05) is 23.5 Å². The van der Waals surface area contributed by atoms with Gasteiger partial charge >= 0.3 is 0 Å². The number of fused-ring (bicyclic) bond motifs is 1. The molecule has 3 rings (SSSR count). The van der Waals surface area contributed by atoms with E-state index >= 15 is 0 Å². The Morgan fingerprint density at radius 3 is 3.05 bits per heavy atom. The molecule has 21 heavy (non-hydrogen) atoms. The molecule has 0 aliphatic carbocycles. The fourth-order valence-electron chi connectivity index (χ4n) is 2.83. The van der Waals surface area contributed by atoms with Crippen molar-refractivity contribution in [2.24, 2.45) is 5.73 Å². The number of hydrogen-bond donors (Lipinski definition) is 1. The smallest absolute Gasteiger partial charge is 0.126 e. The molecule has 2 nitrogen and oxygen atoms in total. The van der Waals surface area contributed by atoms with Crippen LogP contribution in [0, 0.1) is 12.7 Å². The molecule has 0 saturated carbocycles. The molecule has 4 heteroatoms. The number of rotatable bonds is 4. The van der Waals surface area contributed by atoms with Crippen LogP contribution in [0.3, 0.4) is 0 Å². The van der Waals surface area contributed by atoms with Crippen molar-refractivity contribution < 1.29 is 4.39 Å². The van der Waals surface area contributed by atoms with Crippen molar-refractivity contribution in [1.29, 1.82) is 0 Å². The maximum Gasteiger partial charge on any atom is 0.126 e. The van der Waals surface area contributed by atoms with E-state index in [0.717, 1.165) is 38.0 Å². The fourth-order valence-corrected chi connectivity index (χ4v) is 3.72. The van der Waals surface area contributed by atoms with Crippen LogP contribution in [0.25, 0.3) is 0 Å². The molecule has 2 aromatic rings. The van der Waals surface area contributed by atoms with Gasteiger partial charge in [0.1, 0.15) is 5.82 Å². The molecule has 0 spiro atoms. The molecule has 2 heterocycles. The van der Waals surface area contributed by atoms with E-state index in [0.29, 0.717) is 5.56 Å². The largest absolute Gasteiger partial charge is 0.324 e. The van der Waals surface area contributed by atoms with E-state index in [9.17, 15) is 4.39 Å². The minimum absolute atomic E-state index is 0.0935. The summed E-state index contributed by atoms with van der Waals surface area (Å²) >= 11 is 1.86. The van der Waals surface area contributed by atoms with Crippen molar-refractivity contribution in [2.75, 3.05) is 13.1 Å². The normalized spacial score (nSPS) is 16.7. The summed E-state index contributed by atoms with van der Waals surface area (Å²) in [5.74, 6) is -0.163. The topological polar surface area (TPSA) is 29.3 Å². The van der Waals surface area contributed by atoms with Crippen LogP contribution in [-0.2, 0) is 13.0 Å². The molecule has 0 saturated heterocycles. The molecule has 0 fully saturated rings. The lowest BCUT2D eigenvalue weighted by Crippen LogP contribution is -2.32. The first-order valence-corrected chi connectivity index (χ1v) is 8.30. The molecular formula is C17H21FN2S. The third kappa shape index (κ3) is 3.34. The van der Waals surface area contributed by atoms with Crippen LogP contribution in [0.1, 0.15) is 34.0 Å². The summed E-state index contributed by atoms with van der Waals surface area (Å²) in [6.45, 7) is 4.86. The van der Waals surface area contributed by atoms with Crippen LogP contribution in [0.15, 0.2) is 29.6 Å². The summed E-state index contributed by atoms with van der Waals surface area (Å²) in [5.41, 5.74) is 9.24. The highest BCUT2D eigenvalue weighted by atomic mass is 32.1. The molecule has 0 radical (unpaired) electrons. The van der Waals surface area contributed by atoms with Crippen molar-refractivity contribution in [3.05, 3.63) is 57.0 Å². The van der Waals surface area contributed by atoms with Gasteiger partial charge in [-0.2, -0.15) is 0 Å². The Labute approximate surface area is 129 Å². The fraction of sp³-hybridized carbons (Fsp3) is 0.412. The number of benzene rings is 1. The number of halogens is 1. The summed E-state index contributed by atoms with van der Waals surface area (Å²) in [6, 6.07) is 7.46. The quantitative estimate of drug-likeness (QED) is 0.934. The van der Waals surface area contributed by atoms with Gasteiger partial charge in [-0.3, -0.25) is 4.90 Å². The maximum absolute atomic E-state index is 13.6. The lowest BCUT2D eigenvalue weighted by Gasteiger charge is -2.27. The van der Waals surface area contributed by atoms with Gasteiger partial charge in [-0.05, 0) is 54.0 Å². The lowest BCUT2D eigenvalue weighted by atomic mass is 10.0. The van der Waals surface area contributed by atoms with Crippen molar-refractivity contribution in [1.82, 2.24) is 4.90 Å².